The van der Waals surface area contributed by atoms with Crippen LogP contribution in [0.3, 0.4) is 0 Å². The Morgan fingerprint density at radius 2 is 1.96 bits per heavy atom. The first-order chi connectivity index (χ1) is 13.4. The summed E-state index contributed by atoms with van der Waals surface area (Å²) in [7, 11) is 1.59. The summed E-state index contributed by atoms with van der Waals surface area (Å²) in [4.78, 5) is 26.4. The van der Waals surface area contributed by atoms with E-state index < -0.39 is 11.5 Å². The maximum absolute atomic E-state index is 12.8. The van der Waals surface area contributed by atoms with Gasteiger partial charge in [0.2, 0.25) is 0 Å². The number of hydrogen-bond donors (Lipinski definition) is 1. The molecule has 0 spiro atoms. The number of hydrogen-bond acceptors (Lipinski definition) is 5. The van der Waals surface area contributed by atoms with Crippen LogP contribution in [0, 0.1) is 0 Å². The largest absolute Gasteiger partial charge is 0.497 e. The molecule has 6 nitrogen and oxygen atoms in total. The van der Waals surface area contributed by atoms with Crippen molar-refractivity contribution in [3.63, 3.8) is 0 Å². The van der Waals surface area contributed by atoms with Crippen LogP contribution in [0.15, 0.2) is 54.6 Å². The fourth-order valence-electron chi connectivity index (χ4n) is 3.07. The Balaban J connectivity index is 1.60. The summed E-state index contributed by atoms with van der Waals surface area (Å²) in [5, 5.41) is 3.24. The summed E-state index contributed by atoms with van der Waals surface area (Å²) in [6.45, 7) is 4.07. The molecular formula is C22H24N2O4. The average molecular weight is 380 g/mol. The lowest BCUT2D eigenvalue weighted by atomic mass is 9.98. The van der Waals surface area contributed by atoms with Crippen molar-refractivity contribution in [1.82, 2.24) is 0 Å². The number of nitrogens with zero attached hydrogens (tertiary/aromatic N) is 1. The normalized spacial score (nSPS) is 15.1. The predicted molar refractivity (Wildman–Crippen MR) is 109 cm³/mol. The van der Waals surface area contributed by atoms with Crippen LogP contribution in [-0.2, 0) is 14.3 Å². The van der Waals surface area contributed by atoms with Gasteiger partial charge in [0, 0.05) is 6.08 Å². The Hall–Kier alpha value is -3.28. The molecular weight excluding hydrogens is 356 g/mol. The molecule has 0 radical (unpaired) electrons. The zero-order chi connectivity index (χ0) is 20.1. The van der Waals surface area contributed by atoms with E-state index in [0.29, 0.717) is 12.3 Å². The first-order valence-electron chi connectivity index (χ1n) is 9.09. The SMILES string of the molecule is COc1cccc(/C=C/C(=O)OCCN2C(=O)C(C)(C)Nc3ccccc32)c1. The highest BCUT2D eigenvalue weighted by atomic mass is 16.5. The molecule has 2 aromatic carbocycles. The van der Waals surface area contributed by atoms with Crippen LogP contribution in [-0.4, -0.2) is 37.7 Å². The molecule has 0 bridgehead atoms. The van der Waals surface area contributed by atoms with Crippen LogP contribution in [0.2, 0.25) is 0 Å². The fourth-order valence-corrected chi connectivity index (χ4v) is 3.07. The molecule has 0 aromatic heterocycles. The van der Waals surface area contributed by atoms with Crippen LogP contribution < -0.4 is 15.0 Å². The standard InChI is InChI=1S/C22H24N2O4/c1-22(2)21(26)24(19-10-5-4-9-18(19)23-22)13-14-28-20(25)12-11-16-7-6-8-17(15-16)27-3/h4-12,15,23H,13-14H2,1-3H3/b12-11+. The van der Waals surface area contributed by atoms with Crippen molar-refractivity contribution in [3.8, 4) is 5.75 Å². The van der Waals surface area contributed by atoms with Crippen molar-refractivity contribution in [2.75, 3.05) is 30.5 Å². The highest BCUT2D eigenvalue weighted by molar-refractivity contribution is 6.07. The van der Waals surface area contributed by atoms with E-state index in [1.807, 2.05) is 62.4 Å². The fraction of sp³-hybridized carbons (Fsp3) is 0.273. The van der Waals surface area contributed by atoms with Gasteiger partial charge in [0.15, 0.2) is 0 Å². The molecule has 1 N–H and O–H groups in total. The van der Waals surface area contributed by atoms with Crippen molar-refractivity contribution in [3.05, 3.63) is 60.2 Å². The third-order valence-electron chi connectivity index (χ3n) is 4.49. The minimum Gasteiger partial charge on any atom is -0.497 e. The molecule has 0 unspecified atom stereocenters. The number of carbonyl (C=O) groups excluding carboxylic acids is 2. The Kier molecular flexibility index (Phi) is 5.68. The number of benzene rings is 2. The number of carbonyl (C=O) groups is 2. The van der Waals surface area contributed by atoms with Crippen LogP contribution in [0.5, 0.6) is 5.75 Å². The zero-order valence-electron chi connectivity index (χ0n) is 16.3. The maximum Gasteiger partial charge on any atom is 0.330 e. The number of amides is 1. The number of methoxy groups -OCH3 is 1. The van der Waals surface area contributed by atoms with Gasteiger partial charge >= 0.3 is 5.97 Å². The second-order valence-corrected chi connectivity index (χ2v) is 7.00. The van der Waals surface area contributed by atoms with Gasteiger partial charge in [-0.1, -0.05) is 24.3 Å². The minimum absolute atomic E-state index is 0.0610. The van der Waals surface area contributed by atoms with Gasteiger partial charge in [-0.15, -0.1) is 0 Å². The first kappa shape index (κ1) is 19.5. The molecule has 1 aliphatic rings. The summed E-state index contributed by atoms with van der Waals surface area (Å²) >= 11 is 0. The third kappa shape index (κ3) is 4.34. The van der Waals surface area contributed by atoms with Crippen molar-refractivity contribution in [2.24, 2.45) is 0 Å². The summed E-state index contributed by atoms with van der Waals surface area (Å²) in [6.07, 6.45) is 3.03. The maximum atomic E-state index is 12.8. The van der Waals surface area contributed by atoms with Crippen LogP contribution in [0.25, 0.3) is 6.08 Å². The van der Waals surface area contributed by atoms with E-state index in [9.17, 15) is 9.59 Å². The number of anilines is 2. The van der Waals surface area contributed by atoms with Crippen LogP contribution >= 0.6 is 0 Å². The van der Waals surface area contributed by atoms with Gasteiger partial charge in [0.1, 0.15) is 17.9 Å². The quantitative estimate of drug-likeness (QED) is 0.614. The Morgan fingerprint density at radius 1 is 1.18 bits per heavy atom. The van der Waals surface area contributed by atoms with E-state index in [2.05, 4.69) is 5.32 Å². The van der Waals surface area contributed by atoms with Crippen molar-refractivity contribution in [2.45, 2.75) is 19.4 Å². The molecule has 146 valence electrons. The smallest absolute Gasteiger partial charge is 0.330 e. The molecule has 2 aromatic rings. The lowest BCUT2D eigenvalue weighted by Crippen LogP contribution is -2.54. The minimum atomic E-state index is -0.718. The van der Waals surface area contributed by atoms with E-state index in [1.54, 1.807) is 18.1 Å². The molecule has 28 heavy (non-hydrogen) atoms. The zero-order valence-corrected chi connectivity index (χ0v) is 16.3. The van der Waals surface area contributed by atoms with Crippen molar-refractivity contribution >= 4 is 29.3 Å². The number of fused-ring (bicyclic) bond motifs is 1. The van der Waals surface area contributed by atoms with E-state index in [1.165, 1.54) is 6.08 Å². The number of ether oxygens (including phenoxy) is 2. The molecule has 0 fully saturated rings. The van der Waals surface area contributed by atoms with Crippen LogP contribution in [0.1, 0.15) is 19.4 Å². The molecule has 1 heterocycles. The number of nitrogens with one attached hydrogen (secondary N) is 1. The lowest BCUT2D eigenvalue weighted by molar-refractivity contribution is -0.137. The third-order valence-corrected chi connectivity index (χ3v) is 4.49. The molecule has 6 heteroatoms. The highest BCUT2D eigenvalue weighted by Gasteiger charge is 2.38. The van der Waals surface area contributed by atoms with Gasteiger partial charge in [0.25, 0.3) is 5.91 Å². The summed E-state index contributed by atoms with van der Waals surface area (Å²) in [5.74, 6) is 0.195. The second-order valence-electron chi connectivity index (χ2n) is 7.00. The molecule has 0 aliphatic carbocycles. The van der Waals surface area contributed by atoms with Gasteiger partial charge in [-0.3, -0.25) is 4.79 Å². The number of esters is 1. The molecule has 0 atom stereocenters. The molecule has 0 saturated carbocycles. The molecule has 0 saturated heterocycles. The Morgan fingerprint density at radius 3 is 2.75 bits per heavy atom. The van der Waals surface area contributed by atoms with E-state index in [0.717, 1.165) is 16.9 Å². The monoisotopic (exact) mass is 380 g/mol. The molecule has 1 aliphatic heterocycles. The van der Waals surface area contributed by atoms with E-state index >= 15 is 0 Å². The van der Waals surface area contributed by atoms with Crippen molar-refractivity contribution in [1.29, 1.82) is 0 Å². The van der Waals surface area contributed by atoms with E-state index in [4.69, 9.17) is 9.47 Å². The van der Waals surface area contributed by atoms with Gasteiger partial charge in [-0.2, -0.15) is 0 Å². The Labute approximate surface area is 164 Å². The van der Waals surface area contributed by atoms with Crippen molar-refractivity contribution < 1.29 is 19.1 Å². The molecule has 1 amide bonds. The summed E-state index contributed by atoms with van der Waals surface area (Å²) in [5.41, 5.74) is 1.79. The topological polar surface area (TPSA) is 67.9 Å². The number of rotatable bonds is 6. The Bertz CT molecular complexity index is 905. The first-order valence-corrected chi connectivity index (χ1v) is 9.09. The van der Waals surface area contributed by atoms with Gasteiger partial charge in [-0.25, -0.2) is 4.79 Å². The number of para-hydroxylation sites is 2. The average Bonchev–Trinajstić information content (AvgIpc) is 2.69. The van der Waals surface area contributed by atoms with E-state index in [-0.39, 0.29) is 12.5 Å². The van der Waals surface area contributed by atoms with Gasteiger partial charge in [-0.05, 0) is 49.8 Å². The molecule has 3 rings (SSSR count). The second kappa shape index (κ2) is 8.17. The van der Waals surface area contributed by atoms with Gasteiger partial charge in [0.05, 0.1) is 25.0 Å². The van der Waals surface area contributed by atoms with Crippen LogP contribution in [0.4, 0.5) is 11.4 Å². The summed E-state index contributed by atoms with van der Waals surface area (Å²) in [6, 6.07) is 15.0. The summed E-state index contributed by atoms with van der Waals surface area (Å²) < 4.78 is 10.4. The lowest BCUT2D eigenvalue weighted by Gasteiger charge is -2.39. The highest BCUT2D eigenvalue weighted by Crippen LogP contribution is 2.34. The predicted octanol–water partition coefficient (Wildman–Crippen LogP) is 3.49. The van der Waals surface area contributed by atoms with Gasteiger partial charge < -0.3 is 19.7 Å².